The van der Waals surface area contributed by atoms with Gasteiger partial charge in [-0.2, -0.15) is 0 Å². The first-order valence-corrected chi connectivity index (χ1v) is 10.0. The number of benzene rings is 2. The molecule has 32 heavy (non-hydrogen) atoms. The summed E-state index contributed by atoms with van der Waals surface area (Å²) in [6.07, 6.45) is 0.957. The van der Waals surface area contributed by atoms with E-state index in [0.29, 0.717) is 21.8 Å². The van der Waals surface area contributed by atoms with Gasteiger partial charge in [-0.1, -0.05) is 41.9 Å². The van der Waals surface area contributed by atoms with Crippen LogP contribution in [0.25, 0.3) is 0 Å². The number of carbonyl (C=O) groups excluding carboxylic acids is 2. The number of hydrogen-bond acceptors (Lipinski definition) is 6. The first kappa shape index (κ1) is 26.8. The van der Waals surface area contributed by atoms with Gasteiger partial charge in [-0.15, -0.1) is 0 Å². The third-order valence-electron chi connectivity index (χ3n) is 3.96. The Labute approximate surface area is 191 Å². The molecule has 0 saturated heterocycles. The Bertz CT molecular complexity index is 923. The van der Waals surface area contributed by atoms with Crippen molar-refractivity contribution >= 4 is 40.9 Å². The third kappa shape index (κ3) is 10.2. The van der Waals surface area contributed by atoms with Crippen LogP contribution in [-0.4, -0.2) is 72.5 Å². The van der Waals surface area contributed by atoms with Gasteiger partial charge in [0.05, 0.1) is 12.2 Å². The van der Waals surface area contributed by atoms with Gasteiger partial charge in [0, 0.05) is 16.1 Å². The minimum absolute atomic E-state index is 0.178. The van der Waals surface area contributed by atoms with Gasteiger partial charge >= 0.3 is 11.9 Å². The fourth-order valence-electron chi connectivity index (χ4n) is 2.47. The van der Waals surface area contributed by atoms with E-state index in [2.05, 4.69) is 15.5 Å². The van der Waals surface area contributed by atoms with E-state index in [-0.39, 0.29) is 18.2 Å². The largest absolute Gasteiger partial charge is 0.473 e. The molecule has 9 nitrogen and oxygen atoms in total. The Hall–Kier alpha value is -3.27. The molecule has 0 aliphatic carbocycles. The summed E-state index contributed by atoms with van der Waals surface area (Å²) < 4.78 is 0. The van der Waals surface area contributed by atoms with E-state index in [9.17, 15) is 9.59 Å². The van der Waals surface area contributed by atoms with E-state index in [1.807, 2.05) is 20.2 Å². The number of carbonyl (C=O) groups is 4. The molecule has 0 bridgehead atoms. The Morgan fingerprint density at radius 3 is 2.16 bits per heavy atom. The minimum atomic E-state index is -1.82. The second kappa shape index (κ2) is 13.9. The molecule has 0 fully saturated rings. The van der Waals surface area contributed by atoms with Gasteiger partial charge in [-0.05, 0) is 51.8 Å². The molecule has 0 atom stereocenters. The molecule has 2 aromatic rings. The summed E-state index contributed by atoms with van der Waals surface area (Å²) in [5, 5.41) is 21.1. The standard InChI is InChI=1S/C20H24ClN3O2.C2H2O4/c1-24(2)12-6-11-22-14-19(25)23-18-10-9-16(21)13-17(18)20(26)15-7-4-3-5-8-15;3-1(4)2(5)6/h3-5,7-10,13,22H,6,11-12,14H2,1-2H3,(H,23,25);(H,3,4)(H,5,6). The van der Waals surface area contributed by atoms with Gasteiger partial charge in [0.2, 0.25) is 5.91 Å². The highest BCUT2D eigenvalue weighted by Crippen LogP contribution is 2.23. The average molecular weight is 464 g/mol. The quantitative estimate of drug-likeness (QED) is 0.252. The molecule has 10 heteroatoms. The van der Waals surface area contributed by atoms with Crippen LogP contribution in [0.15, 0.2) is 48.5 Å². The lowest BCUT2D eigenvalue weighted by Gasteiger charge is -2.12. The highest BCUT2D eigenvalue weighted by atomic mass is 35.5. The Kier molecular flexibility index (Phi) is 11.6. The van der Waals surface area contributed by atoms with Crippen molar-refractivity contribution in [3.63, 3.8) is 0 Å². The second-order valence-electron chi connectivity index (χ2n) is 6.88. The van der Waals surface area contributed by atoms with Crippen molar-refractivity contribution in [2.24, 2.45) is 0 Å². The molecule has 2 rings (SSSR count). The maximum absolute atomic E-state index is 12.7. The predicted molar refractivity (Wildman–Crippen MR) is 121 cm³/mol. The van der Waals surface area contributed by atoms with E-state index in [0.717, 1.165) is 19.5 Å². The smallest absolute Gasteiger partial charge is 0.414 e. The normalized spacial score (nSPS) is 10.1. The molecule has 4 N–H and O–H groups in total. The van der Waals surface area contributed by atoms with Crippen LogP contribution in [0.5, 0.6) is 0 Å². The zero-order chi connectivity index (χ0) is 24.1. The van der Waals surface area contributed by atoms with Gasteiger partial charge in [0.1, 0.15) is 0 Å². The van der Waals surface area contributed by atoms with Crippen molar-refractivity contribution in [2.45, 2.75) is 6.42 Å². The van der Waals surface area contributed by atoms with Crippen molar-refractivity contribution in [1.82, 2.24) is 10.2 Å². The summed E-state index contributed by atoms with van der Waals surface area (Å²) >= 11 is 6.05. The first-order valence-electron chi connectivity index (χ1n) is 9.62. The van der Waals surface area contributed by atoms with E-state index < -0.39 is 11.9 Å². The van der Waals surface area contributed by atoms with Crippen LogP contribution in [0, 0.1) is 0 Å². The number of nitrogens with zero attached hydrogens (tertiary/aromatic N) is 1. The summed E-state index contributed by atoms with van der Waals surface area (Å²) in [5.41, 5.74) is 1.39. The lowest BCUT2D eigenvalue weighted by molar-refractivity contribution is -0.159. The van der Waals surface area contributed by atoms with Gasteiger partial charge < -0.3 is 25.7 Å². The monoisotopic (exact) mass is 463 g/mol. The predicted octanol–water partition coefficient (Wildman–Crippen LogP) is 2.21. The zero-order valence-electron chi connectivity index (χ0n) is 17.8. The van der Waals surface area contributed by atoms with E-state index in [1.165, 1.54) is 0 Å². The number of hydrogen-bond donors (Lipinski definition) is 4. The van der Waals surface area contributed by atoms with Crippen LogP contribution in [0.2, 0.25) is 5.02 Å². The molecule has 172 valence electrons. The SMILES string of the molecule is CN(C)CCCNCC(=O)Nc1ccc(Cl)cc1C(=O)c1ccccc1.O=C(O)C(=O)O. The number of anilines is 1. The van der Waals surface area contributed by atoms with Crippen molar-refractivity contribution in [3.05, 3.63) is 64.7 Å². The molecule has 0 saturated carbocycles. The summed E-state index contributed by atoms with van der Waals surface area (Å²) in [6.45, 7) is 1.90. The van der Waals surface area contributed by atoms with Gasteiger partial charge in [0.25, 0.3) is 0 Å². The molecule has 1 amide bonds. The molecule has 2 aromatic carbocycles. The topological polar surface area (TPSA) is 136 Å². The lowest BCUT2D eigenvalue weighted by atomic mass is 10.0. The van der Waals surface area contributed by atoms with Crippen LogP contribution in [0.3, 0.4) is 0 Å². The van der Waals surface area contributed by atoms with Crippen LogP contribution < -0.4 is 10.6 Å². The number of aliphatic carboxylic acids is 2. The van der Waals surface area contributed by atoms with Crippen molar-refractivity contribution in [3.8, 4) is 0 Å². The van der Waals surface area contributed by atoms with Gasteiger partial charge in [0.15, 0.2) is 5.78 Å². The molecule has 0 aliphatic rings. The number of rotatable bonds is 9. The molecule has 0 heterocycles. The number of ketones is 1. The molecule has 0 unspecified atom stereocenters. The highest BCUT2D eigenvalue weighted by molar-refractivity contribution is 6.31. The first-order chi connectivity index (χ1) is 15.1. The number of nitrogens with one attached hydrogen (secondary N) is 2. The molecule has 0 aliphatic heterocycles. The summed E-state index contributed by atoms with van der Waals surface area (Å²) in [4.78, 5) is 45.2. The molecular weight excluding hydrogens is 438 g/mol. The third-order valence-corrected chi connectivity index (χ3v) is 4.20. The molecule has 0 aromatic heterocycles. The van der Waals surface area contributed by atoms with Crippen molar-refractivity contribution in [1.29, 1.82) is 0 Å². The van der Waals surface area contributed by atoms with E-state index in [4.69, 9.17) is 31.4 Å². The fraction of sp³-hybridized carbons (Fsp3) is 0.273. The van der Waals surface area contributed by atoms with Crippen molar-refractivity contribution < 1.29 is 29.4 Å². The highest BCUT2D eigenvalue weighted by Gasteiger charge is 2.16. The summed E-state index contributed by atoms with van der Waals surface area (Å²) in [6, 6.07) is 13.8. The van der Waals surface area contributed by atoms with Gasteiger partial charge in [-0.25, -0.2) is 9.59 Å². The summed E-state index contributed by atoms with van der Waals surface area (Å²) in [7, 11) is 4.02. The van der Waals surface area contributed by atoms with E-state index >= 15 is 0 Å². The maximum Gasteiger partial charge on any atom is 0.414 e. The lowest BCUT2D eigenvalue weighted by Crippen LogP contribution is -2.30. The minimum Gasteiger partial charge on any atom is -0.473 e. The van der Waals surface area contributed by atoms with Crippen LogP contribution in [0.4, 0.5) is 5.69 Å². The molecule has 0 radical (unpaired) electrons. The number of carboxylic acid groups (broad SMARTS) is 2. The molecular formula is C22H26ClN3O6. The number of halogens is 1. The van der Waals surface area contributed by atoms with Crippen molar-refractivity contribution in [2.75, 3.05) is 39.0 Å². The molecule has 0 spiro atoms. The van der Waals surface area contributed by atoms with Crippen LogP contribution in [-0.2, 0) is 14.4 Å². The van der Waals surface area contributed by atoms with Crippen LogP contribution in [0.1, 0.15) is 22.3 Å². The Morgan fingerprint density at radius 2 is 1.59 bits per heavy atom. The number of carboxylic acids is 2. The number of amides is 1. The zero-order valence-corrected chi connectivity index (χ0v) is 18.6. The average Bonchev–Trinajstić information content (AvgIpc) is 2.75. The van der Waals surface area contributed by atoms with Gasteiger partial charge in [-0.3, -0.25) is 9.59 Å². The Balaban J connectivity index is 0.000000751. The fourth-order valence-corrected chi connectivity index (χ4v) is 2.65. The Morgan fingerprint density at radius 1 is 0.969 bits per heavy atom. The summed E-state index contributed by atoms with van der Waals surface area (Å²) in [5.74, 6) is -4.02. The maximum atomic E-state index is 12.7. The second-order valence-corrected chi connectivity index (χ2v) is 7.31. The van der Waals surface area contributed by atoms with Crippen LogP contribution >= 0.6 is 11.6 Å². The van der Waals surface area contributed by atoms with E-state index in [1.54, 1.807) is 42.5 Å².